The van der Waals surface area contributed by atoms with Crippen molar-refractivity contribution in [2.45, 2.75) is 19.8 Å². The number of rotatable bonds is 3. The number of nitrogen functional groups attached to an aromatic ring is 1. The first-order chi connectivity index (χ1) is 10.5. The monoisotopic (exact) mass is 486 g/mol. The summed E-state index contributed by atoms with van der Waals surface area (Å²) in [7, 11) is 0. The number of anilines is 1. The number of aromatic nitrogens is 1. The van der Waals surface area contributed by atoms with Crippen molar-refractivity contribution in [1.82, 2.24) is 4.98 Å². The molecule has 0 atom stereocenters. The van der Waals surface area contributed by atoms with Gasteiger partial charge in [0.05, 0.1) is 10.2 Å². The van der Waals surface area contributed by atoms with E-state index in [0.717, 1.165) is 42.1 Å². The van der Waals surface area contributed by atoms with E-state index in [9.17, 15) is 0 Å². The van der Waals surface area contributed by atoms with Gasteiger partial charge in [-0.05, 0) is 56.0 Å². The number of halogens is 3. The smallest absolute Gasteiger partial charge is 0.199 e. The molecule has 3 aromatic rings. The van der Waals surface area contributed by atoms with Gasteiger partial charge in [0, 0.05) is 20.9 Å². The number of aryl methyl sites for hydroxylation is 1. The molecule has 0 bridgehead atoms. The van der Waals surface area contributed by atoms with Gasteiger partial charge in [-0.25, -0.2) is 4.98 Å². The van der Waals surface area contributed by atoms with E-state index >= 15 is 0 Å². The fourth-order valence-electron chi connectivity index (χ4n) is 2.37. The Labute approximate surface area is 153 Å². The van der Waals surface area contributed by atoms with Crippen molar-refractivity contribution in [2.24, 2.45) is 0 Å². The number of nitrogens with two attached hydrogens (primary N) is 1. The minimum atomic E-state index is 0.648. The van der Waals surface area contributed by atoms with Gasteiger partial charge in [-0.3, -0.25) is 0 Å². The summed E-state index contributed by atoms with van der Waals surface area (Å²) < 4.78 is 8.71. The van der Waals surface area contributed by atoms with Crippen molar-refractivity contribution >= 4 is 64.6 Å². The van der Waals surface area contributed by atoms with Gasteiger partial charge >= 0.3 is 0 Å². The van der Waals surface area contributed by atoms with Crippen LogP contribution in [0, 0.1) is 0 Å². The summed E-state index contributed by atoms with van der Waals surface area (Å²) in [6.07, 6.45) is 1.47. The maximum Gasteiger partial charge on any atom is 0.199 e. The third kappa shape index (κ3) is 2.84. The Morgan fingerprint density at radius 3 is 2.41 bits per heavy atom. The molecular formula is C16H13Br3N2O. The summed E-state index contributed by atoms with van der Waals surface area (Å²) in [5, 5.41) is 0. The molecule has 3 nitrogen and oxygen atoms in total. The Bertz CT molecular complexity index is 841. The Morgan fingerprint density at radius 2 is 1.77 bits per heavy atom. The quantitative estimate of drug-likeness (QED) is 0.470. The lowest BCUT2D eigenvalue weighted by Crippen LogP contribution is -1.94. The van der Waals surface area contributed by atoms with Crippen LogP contribution < -0.4 is 5.73 Å². The molecule has 3 rings (SSSR count). The predicted molar refractivity (Wildman–Crippen MR) is 100 cm³/mol. The molecule has 0 saturated heterocycles. The van der Waals surface area contributed by atoms with E-state index in [-0.39, 0.29) is 0 Å². The molecule has 0 unspecified atom stereocenters. The standard InChI is InChI=1S/C16H13Br3N2O/c1-2-10-12(18)14(20)13(19)15-16(10)22-11(21-15)7-8-3-5-9(17)6-4-8/h3-6H,2,7,20H2,1H3. The Balaban J connectivity index is 2.09. The summed E-state index contributed by atoms with van der Waals surface area (Å²) >= 11 is 10.5. The van der Waals surface area contributed by atoms with Crippen LogP contribution in [0.3, 0.4) is 0 Å². The summed E-state index contributed by atoms with van der Waals surface area (Å²) in [5.41, 5.74) is 10.6. The first-order valence-electron chi connectivity index (χ1n) is 6.80. The SMILES string of the molecule is CCc1c(Br)c(N)c(Br)c2nc(Cc3ccc(Br)cc3)oc12. The van der Waals surface area contributed by atoms with Gasteiger partial charge in [0.2, 0.25) is 0 Å². The summed E-state index contributed by atoms with van der Waals surface area (Å²) in [5.74, 6) is 0.685. The first-order valence-corrected chi connectivity index (χ1v) is 9.18. The van der Waals surface area contributed by atoms with Crippen LogP contribution >= 0.6 is 47.8 Å². The lowest BCUT2D eigenvalue weighted by Gasteiger charge is -2.07. The average molecular weight is 489 g/mol. The second-order valence-electron chi connectivity index (χ2n) is 4.96. The van der Waals surface area contributed by atoms with Crippen LogP contribution in [-0.4, -0.2) is 4.98 Å². The predicted octanol–water partition coefficient (Wildman–Crippen LogP) is 5.85. The van der Waals surface area contributed by atoms with E-state index < -0.39 is 0 Å². The molecule has 0 fully saturated rings. The van der Waals surface area contributed by atoms with Gasteiger partial charge in [0.1, 0.15) is 5.52 Å². The van der Waals surface area contributed by atoms with Crippen LogP contribution in [0.25, 0.3) is 11.1 Å². The number of oxazole rings is 1. The summed E-state index contributed by atoms with van der Waals surface area (Å²) in [6, 6.07) is 8.14. The zero-order chi connectivity index (χ0) is 15.9. The Morgan fingerprint density at radius 1 is 1.09 bits per heavy atom. The molecule has 22 heavy (non-hydrogen) atoms. The van der Waals surface area contributed by atoms with E-state index in [2.05, 4.69) is 71.8 Å². The number of hydrogen-bond donors (Lipinski definition) is 1. The lowest BCUT2D eigenvalue weighted by molar-refractivity contribution is 0.541. The van der Waals surface area contributed by atoms with Crippen molar-refractivity contribution in [2.75, 3.05) is 5.73 Å². The molecule has 114 valence electrons. The fraction of sp³-hybridized carbons (Fsp3) is 0.188. The minimum absolute atomic E-state index is 0.648. The third-order valence-electron chi connectivity index (χ3n) is 3.51. The number of benzene rings is 2. The minimum Gasteiger partial charge on any atom is -0.440 e. The van der Waals surface area contributed by atoms with E-state index in [1.54, 1.807) is 0 Å². The van der Waals surface area contributed by atoms with E-state index in [4.69, 9.17) is 10.2 Å². The van der Waals surface area contributed by atoms with E-state index in [1.165, 1.54) is 0 Å². The van der Waals surface area contributed by atoms with Gasteiger partial charge in [0.15, 0.2) is 11.5 Å². The molecule has 0 spiro atoms. The molecule has 0 aliphatic carbocycles. The molecular weight excluding hydrogens is 476 g/mol. The highest BCUT2D eigenvalue weighted by atomic mass is 79.9. The van der Waals surface area contributed by atoms with Gasteiger partial charge in [-0.15, -0.1) is 0 Å². The molecule has 1 aromatic heterocycles. The van der Waals surface area contributed by atoms with Crippen LogP contribution in [0.15, 0.2) is 42.1 Å². The first kappa shape index (κ1) is 16.0. The normalized spacial score (nSPS) is 11.3. The molecule has 6 heteroatoms. The Hall–Kier alpha value is -0.850. The molecule has 0 saturated carbocycles. The van der Waals surface area contributed by atoms with Crippen molar-refractivity contribution in [3.8, 4) is 0 Å². The summed E-state index contributed by atoms with van der Waals surface area (Å²) in [4.78, 5) is 4.61. The molecule has 0 aliphatic rings. The molecule has 2 aromatic carbocycles. The average Bonchev–Trinajstić information content (AvgIpc) is 2.92. The maximum atomic E-state index is 6.12. The third-order valence-corrected chi connectivity index (χ3v) is 5.75. The number of nitrogens with zero attached hydrogens (tertiary/aromatic N) is 1. The van der Waals surface area contributed by atoms with Crippen molar-refractivity contribution in [3.05, 3.63) is 54.7 Å². The Kier molecular flexibility index (Phi) is 4.61. The molecule has 0 aliphatic heterocycles. The molecule has 0 amide bonds. The largest absolute Gasteiger partial charge is 0.440 e. The second-order valence-corrected chi connectivity index (χ2v) is 7.46. The van der Waals surface area contributed by atoms with Gasteiger partial charge < -0.3 is 10.2 Å². The van der Waals surface area contributed by atoms with Crippen LogP contribution in [0.4, 0.5) is 5.69 Å². The van der Waals surface area contributed by atoms with Crippen LogP contribution in [-0.2, 0) is 12.8 Å². The maximum absolute atomic E-state index is 6.12. The molecule has 1 heterocycles. The number of hydrogen-bond acceptors (Lipinski definition) is 3. The van der Waals surface area contributed by atoms with Gasteiger partial charge in [0.25, 0.3) is 0 Å². The van der Waals surface area contributed by atoms with Crippen molar-refractivity contribution in [1.29, 1.82) is 0 Å². The van der Waals surface area contributed by atoms with E-state index in [1.807, 2.05) is 12.1 Å². The van der Waals surface area contributed by atoms with Crippen LogP contribution in [0.2, 0.25) is 0 Å². The van der Waals surface area contributed by atoms with Crippen LogP contribution in [0.5, 0.6) is 0 Å². The summed E-state index contributed by atoms with van der Waals surface area (Å²) in [6.45, 7) is 2.07. The molecule has 0 radical (unpaired) electrons. The van der Waals surface area contributed by atoms with Crippen molar-refractivity contribution < 1.29 is 4.42 Å². The highest BCUT2D eigenvalue weighted by Crippen LogP contribution is 2.40. The number of fused-ring (bicyclic) bond motifs is 1. The second kappa shape index (κ2) is 6.34. The topological polar surface area (TPSA) is 52.0 Å². The zero-order valence-corrected chi connectivity index (χ0v) is 16.5. The van der Waals surface area contributed by atoms with E-state index in [0.29, 0.717) is 18.0 Å². The van der Waals surface area contributed by atoms with Crippen molar-refractivity contribution in [3.63, 3.8) is 0 Å². The van der Waals surface area contributed by atoms with Gasteiger partial charge in [-0.1, -0.05) is 35.0 Å². The van der Waals surface area contributed by atoms with Gasteiger partial charge in [-0.2, -0.15) is 0 Å². The highest BCUT2D eigenvalue weighted by molar-refractivity contribution is 9.11. The highest BCUT2D eigenvalue weighted by Gasteiger charge is 2.19. The zero-order valence-electron chi connectivity index (χ0n) is 11.8. The fourth-order valence-corrected chi connectivity index (χ4v) is 4.03. The molecule has 2 N–H and O–H groups in total. The van der Waals surface area contributed by atoms with Crippen LogP contribution in [0.1, 0.15) is 23.9 Å². The lowest BCUT2D eigenvalue weighted by atomic mass is 10.1.